The van der Waals surface area contributed by atoms with E-state index in [1.807, 2.05) is 22.7 Å². The van der Waals surface area contributed by atoms with Crippen LogP contribution in [-0.4, -0.2) is 39.6 Å². The van der Waals surface area contributed by atoms with Gasteiger partial charge < -0.3 is 4.90 Å². The molecular weight excluding hydrogens is 236 g/mol. The third-order valence-electron chi connectivity index (χ3n) is 3.50. The summed E-state index contributed by atoms with van der Waals surface area (Å²) in [6.07, 6.45) is 4.28. The second-order valence-corrected chi connectivity index (χ2v) is 5.09. The number of nitrogens with zero attached hydrogens (tertiary/aromatic N) is 4. The molecule has 1 aliphatic rings. The molecule has 4 nitrogen and oxygen atoms in total. The zero-order chi connectivity index (χ0) is 11.8. The molecule has 17 heavy (non-hydrogen) atoms. The molecule has 0 spiro atoms. The first-order valence-electron chi connectivity index (χ1n) is 5.93. The van der Waals surface area contributed by atoms with Gasteiger partial charge >= 0.3 is 0 Å². The van der Waals surface area contributed by atoms with Gasteiger partial charge in [0.1, 0.15) is 5.82 Å². The molecule has 2 aromatic heterocycles. The molecule has 0 unspecified atom stereocenters. The van der Waals surface area contributed by atoms with E-state index in [1.54, 1.807) is 0 Å². The summed E-state index contributed by atoms with van der Waals surface area (Å²) in [4.78, 5) is 2.35. The largest absolute Gasteiger partial charge is 0.306 e. The van der Waals surface area contributed by atoms with Crippen molar-refractivity contribution in [3.8, 4) is 0 Å². The van der Waals surface area contributed by atoms with E-state index in [4.69, 9.17) is 11.6 Å². The van der Waals surface area contributed by atoms with Gasteiger partial charge in [0.05, 0.1) is 5.02 Å². The van der Waals surface area contributed by atoms with E-state index in [-0.39, 0.29) is 0 Å². The normalized spacial score (nSPS) is 18.9. The van der Waals surface area contributed by atoms with Crippen molar-refractivity contribution in [1.82, 2.24) is 19.5 Å². The second-order valence-electron chi connectivity index (χ2n) is 4.69. The van der Waals surface area contributed by atoms with Crippen molar-refractivity contribution in [3.05, 3.63) is 29.2 Å². The van der Waals surface area contributed by atoms with E-state index in [0.29, 0.717) is 10.9 Å². The Morgan fingerprint density at radius 1 is 1.29 bits per heavy atom. The van der Waals surface area contributed by atoms with Crippen LogP contribution >= 0.6 is 11.6 Å². The van der Waals surface area contributed by atoms with Crippen LogP contribution in [0, 0.1) is 0 Å². The lowest BCUT2D eigenvalue weighted by Crippen LogP contribution is -2.29. The molecule has 90 valence electrons. The van der Waals surface area contributed by atoms with Crippen LogP contribution in [0.15, 0.2) is 18.3 Å². The number of fused-ring (bicyclic) bond motifs is 1. The van der Waals surface area contributed by atoms with E-state index in [1.165, 1.54) is 0 Å². The van der Waals surface area contributed by atoms with E-state index in [2.05, 4.69) is 22.1 Å². The van der Waals surface area contributed by atoms with Crippen LogP contribution < -0.4 is 0 Å². The van der Waals surface area contributed by atoms with E-state index >= 15 is 0 Å². The van der Waals surface area contributed by atoms with Gasteiger partial charge in [-0.3, -0.25) is 4.40 Å². The highest BCUT2D eigenvalue weighted by Crippen LogP contribution is 2.27. The molecule has 3 heterocycles. The maximum atomic E-state index is 6.10. The maximum Gasteiger partial charge on any atom is 0.179 e. The lowest BCUT2D eigenvalue weighted by atomic mass is 9.96. The highest BCUT2D eigenvalue weighted by atomic mass is 35.5. The van der Waals surface area contributed by atoms with Crippen molar-refractivity contribution in [2.24, 2.45) is 0 Å². The molecule has 1 saturated heterocycles. The van der Waals surface area contributed by atoms with Gasteiger partial charge in [0.25, 0.3) is 0 Å². The van der Waals surface area contributed by atoms with Gasteiger partial charge in [-0.25, -0.2) is 0 Å². The van der Waals surface area contributed by atoms with Gasteiger partial charge in [0.2, 0.25) is 0 Å². The third kappa shape index (κ3) is 1.91. The van der Waals surface area contributed by atoms with Gasteiger partial charge in [0.15, 0.2) is 5.65 Å². The minimum absolute atomic E-state index is 0.500. The van der Waals surface area contributed by atoms with Crippen molar-refractivity contribution in [3.63, 3.8) is 0 Å². The minimum Gasteiger partial charge on any atom is -0.306 e. The van der Waals surface area contributed by atoms with Gasteiger partial charge in [0, 0.05) is 12.1 Å². The van der Waals surface area contributed by atoms with Crippen LogP contribution in [0.1, 0.15) is 24.6 Å². The lowest BCUT2D eigenvalue weighted by Gasteiger charge is -2.27. The summed E-state index contributed by atoms with van der Waals surface area (Å²) < 4.78 is 2.03. The van der Waals surface area contributed by atoms with Crippen molar-refractivity contribution < 1.29 is 0 Å². The minimum atomic E-state index is 0.500. The van der Waals surface area contributed by atoms with Crippen molar-refractivity contribution >= 4 is 17.2 Å². The molecule has 0 aromatic carbocycles. The Kier molecular flexibility index (Phi) is 2.76. The van der Waals surface area contributed by atoms with Crippen LogP contribution in [-0.2, 0) is 0 Å². The van der Waals surface area contributed by atoms with Gasteiger partial charge in [-0.15, -0.1) is 10.2 Å². The number of aromatic nitrogens is 3. The standard InChI is InChI=1S/C12H15ClN4/c1-16-7-4-9(5-8-16)11-14-15-12-10(13)3-2-6-17(11)12/h2-3,6,9H,4-5,7-8H2,1H3. The summed E-state index contributed by atoms with van der Waals surface area (Å²) in [6, 6.07) is 3.79. The molecule has 0 atom stereocenters. The van der Waals surface area contributed by atoms with Crippen molar-refractivity contribution in [2.45, 2.75) is 18.8 Å². The predicted octanol–water partition coefficient (Wildman–Crippen LogP) is 2.19. The molecule has 1 fully saturated rings. The Hall–Kier alpha value is -1.13. The fourth-order valence-electron chi connectivity index (χ4n) is 2.45. The third-order valence-corrected chi connectivity index (χ3v) is 3.79. The molecule has 5 heteroatoms. The van der Waals surface area contributed by atoms with Crippen LogP contribution in [0.25, 0.3) is 5.65 Å². The lowest BCUT2D eigenvalue weighted by molar-refractivity contribution is 0.250. The average Bonchev–Trinajstić information content (AvgIpc) is 2.75. The zero-order valence-corrected chi connectivity index (χ0v) is 10.6. The molecule has 2 aromatic rings. The monoisotopic (exact) mass is 250 g/mol. The first-order valence-corrected chi connectivity index (χ1v) is 6.31. The second kappa shape index (κ2) is 4.27. The summed E-state index contributed by atoms with van der Waals surface area (Å²) >= 11 is 6.10. The first kappa shape index (κ1) is 11.0. The number of halogens is 1. The predicted molar refractivity (Wildman–Crippen MR) is 67.5 cm³/mol. The Balaban J connectivity index is 1.98. The molecule has 1 aliphatic heterocycles. The van der Waals surface area contributed by atoms with E-state index < -0.39 is 0 Å². The van der Waals surface area contributed by atoms with Gasteiger partial charge in [-0.2, -0.15) is 0 Å². The number of pyridine rings is 1. The SMILES string of the molecule is CN1CCC(c2nnc3c(Cl)cccn23)CC1. The van der Waals surface area contributed by atoms with Crippen molar-refractivity contribution in [1.29, 1.82) is 0 Å². The van der Waals surface area contributed by atoms with E-state index in [9.17, 15) is 0 Å². The van der Waals surface area contributed by atoms with Crippen LogP contribution in [0.4, 0.5) is 0 Å². The zero-order valence-electron chi connectivity index (χ0n) is 9.80. The topological polar surface area (TPSA) is 33.4 Å². The van der Waals surface area contributed by atoms with Gasteiger partial charge in [-0.1, -0.05) is 11.6 Å². The molecule has 3 rings (SSSR count). The molecule has 0 amide bonds. The van der Waals surface area contributed by atoms with Crippen LogP contribution in [0.3, 0.4) is 0 Å². The smallest absolute Gasteiger partial charge is 0.179 e. The molecular formula is C12H15ClN4. The average molecular weight is 251 g/mol. The fraction of sp³-hybridized carbons (Fsp3) is 0.500. The Bertz CT molecular complexity index is 528. The van der Waals surface area contributed by atoms with Crippen molar-refractivity contribution in [2.75, 3.05) is 20.1 Å². The number of hydrogen-bond acceptors (Lipinski definition) is 3. The van der Waals surface area contributed by atoms with Gasteiger partial charge in [-0.05, 0) is 45.1 Å². The Labute approximate surface area is 105 Å². The summed E-state index contributed by atoms with van der Waals surface area (Å²) in [5.74, 6) is 1.55. The highest BCUT2D eigenvalue weighted by Gasteiger charge is 2.23. The summed E-state index contributed by atoms with van der Waals surface area (Å²) in [5, 5.41) is 9.16. The maximum absolute atomic E-state index is 6.10. The molecule has 0 saturated carbocycles. The number of hydrogen-bond donors (Lipinski definition) is 0. The first-order chi connectivity index (χ1) is 8.25. The summed E-state index contributed by atoms with van der Waals surface area (Å²) in [6.45, 7) is 2.25. The Morgan fingerprint density at radius 3 is 2.82 bits per heavy atom. The molecule has 0 N–H and O–H groups in total. The Morgan fingerprint density at radius 2 is 2.06 bits per heavy atom. The molecule has 0 radical (unpaired) electrons. The molecule has 0 bridgehead atoms. The summed E-state index contributed by atoms with van der Waals surface area (Å²) in [7, 11) is 2.16. The van der Waals surface area contributed by atoms with Crippen LogP contribution in [0.2, 0.25) is 5.02 Å². The summed E-state index contributed by atoms with van der Waals surface area (Å²) in [5.41, 5.74) is 0.767. The quantitative estimate of drug-likeness (QED) is 0.778. The van der Waals surface area contributed by atoms with Crippen LogP contribution in [0.5, 0.6) is 0 Å². The fourth-order valence-corrected chi connectivity index (χ4v) is 2.65. The number of rotatable bonds is 1. The number of piperidine rings is 1. The number of likely N-dealkylation sites (tertiary alicyclic amines) is 1. The molecule has 0 aliphatic carbocycles. The highest BCUT2D eigenvalue weighted by molar-refractivity contribution is 6.33. The van der Waals surface area contributed by atoms with E-state index in [0.717, 1.165) is 37.4 Å².